The van der Waals surface area contributed by atoms with Crippen LogP contribution in [0, 0.1) is 5.92 Å². The van der Waals surface area contributed by atoms with Crippen LogP contribution in [-0.2, 0) is 14.3 Å². The zero-order valence-electron chi connectivity index (χ0n) is 13.2. The molecule has 0 spiro atoms. The molecule has 2 aliphatic rings. The van der Waals surface area contributed by atoms with Crippen LogP contribution in [-0.4, -0.2) is 30.1 Å². The zero-order valence-corrected chi connectivity index (χ0v) is 13.2. The van der Waals surface area contributed by atoms with Gasteiger partial charge in [-0.25, -0.2) is 4.79 Å². The maximum absolute atomic E-state index is 11.9. The van der Waals surface area contributed by atoms with E-state index in [1.54, 1.807) is 0 Å². The third kappa shape index (κ3) is 5.00. The highest BCUT2D eigenvalue weighted by Gasteiger charge is 2.28. The van der Waals surface area contributed by atoms with Crippen LogP contribution in [0.25, 0.3) is 0 Å². The second-order valence-electron chi connectivity index (χ2n) is 6.36. The normalized spacial score (nSPS) is 21.1. The molecule has 0 unspecified atom stereocenters. The van der Waals surface area contributed by atoms with E-state index in [0.29, 0.717) is 0 Å². The molecule has 0 heterocycles. The van der Waals surface area contributed by atoms with Crippen molar-refractivity contribution in [1.82, 2.24) is 10.6 Å². The molecule has 3 amide bonds. The van der Waals surface area contributed by atoms with E-state index in [1.165, 1.54) is 13.3 Å². The number of hydrogen-bond acceptors (Lipinski definition) is 4. The van der Waals surface area contributed by atoms with Gasteiger partial charge in [0.25, 0.3) is 5.91 Å². The average molecular weight is 310 g/mol. The molecule has 2 aliphatic carbocycles. The second kappa shape index (κ2) is 8.15. The summed E-state index contributed by atoms with van der Waals surface area (Å²) in [4.78, 5) is 35.5. The maximum atomic E-state index is 11.9. The first-order valence-corrected chi connectivity index (χ1v) is 8.38. The van der Waals surface area contributed by atoms with Crippen molar-refractivity contribution in [1.29, 1.82) is 0 Å². The Hall–Kier alpha value is -1.59. The van der Waals surface area contributed by atoms with Crippen molar-refractivity contribution < 1.29 is 19.1 Å². The first-order valence-electron chi connectivity index (χ1n) is 8.38. The van der Waals surface area contributed by atoms with Crippen LogP contribution < -0.4 is 10.6 Å². The van der Waals surface area contributed by atoms with Crippen LogP contribution in [0.4, 0.5) is 4.79 Å². The molecule has 22 heavy (non-hydrogen) atoms. The van der Waals surface area contributed by atoms with Gasteiger partial charge in [0.2, 0.25) is 0 Å². The van der Waals surface area contributed by atoms with Gasteiger partial charge in [-0.1, -0.05) is 32.1 Å². The molecular weight excluding hydrogens is 284 g/mol. The molecule has 2 N–H and O–H groups in total. The van der Waals surface area contributed by atoms with E-state index in [2.05, 4.69) is 10.6 Å². The Morgan fingerprint density at radius 2 is 1.55 bits per heavy atom. The van der Waals surface area contributed by atoms with E-state index >= 15 is 0 Å². The molecule has 0 aliphatic heterocycles. The Balaban J connectivity index is 1.70. The van der Waals surface area contributed by atoms with Crippen LogP contribution >= 0.6 is 0 Å². The average Bonchev–Trinajstić information content (AvgIpc) is 3.02. The number of esters is 1. The molecule has 6 heteroatoms. The molecule has 1 atom stereocenters. The summed E-state index contributed by atoms with van der Waals surface area (Å²) >= 11 is 0. The molecule has 2 rings (SSSR count). The quantitative estimate of drug-likeness (QED) is 0.780. The number of hydrogen-bond donors (Lipinski definition) is 2. The Kier molecular flexibility index (Phi) is 6.21. The molecule has 0 aromatic carbocycles. The van der Waals surface area contributed by atoms with Crippen LogP contribution in [0.3, 0.4) is 0 Å². The molecular formula is C16H26N2O4. The molecule has 0 aromatic rings. The lowest BCUT2D eigenvalue weighted by Crippen LogP contribution is -2.48. The van der Waals surface area contributed by atoms with Crippen molar-refractivity contribution in [3.63, 3.8) is 0 Å². The lowest BCUT2D eigenvalue weighted by molar-refractivity contribution is -0.158. The van der Waals surface area contributed by atoms with E-state index in [9.17, 15) is 14.4 Å². The molecule has 0 bridgehead atoms. The fourth-order valence-electron chi connectivity index (χ4n) is 3.17. The summed E-state index contributed by atoms with van der Waals surface area (Å²) in [5.74, 6) is -0.987. The number of urea groups is 1. The van der Waals surface area contributed by atoms with Crippen LogP contribution in [0.1, 0.15) is 64.7 Å². The third-order valence-corrected chi connectivity index (χ3v) is 4.53. The van der Waals surface area contributed by atoms with E-state index in [4.69, 9.17) is 4.74 Å². The minimum absolute atomic E-state index is 0.0914. The number of rotatable bonds is 4. The van der Waals surface area contributed by atoms with Crippen molar-refractivity contribution in [2.45, 2.75) is 76.9 Å². The van der Waals surface area contributed by atoms with E-state index < -0.39 is 18.0 Å². The smallest absolute Gasteiger partial charge is 0.321 e. The predicted octanol–water partition coefficient (Wildman–Crippen LogP) is 2.27. The fraction of sp³-hybridized carbons (Fsp3) is 0.812. The van der Waals surface area contributed by atoms with Crippen LogP contribution in [0.2, 0.25) is 0 Å². The van der Waals surface area contributed by atoms with Gasteiger partial charge < -0.3 is 10.1 Å². The number of ether oxygens (including phenoxy) is 1. The minimum atomic E-state index is -0.940. The monoisotopic (exact) mass is 310 g/mol. The Labute approximate surface area is 131 Å². The molecule has 0 aromatic heterocycles. The number of amides is 3. The molecule has 2 fully saturated rings. The number of imide groups is 1. The summed E-state index contributed by atoms with van der Waals surface area (Å²) in [6, 6.07) is -0.362. The highest BCUT2D eigenvalue weighted by molar-refractivity contribution is 5.97. The van der Waals surface area contributed by atoms with Gasteiger partial charge in [0.05, 0.1) is 5.92 Å². The van der Waals surface area contributed by atoms with Crippen molar-refractivity contribution in [2.75, 3.05) is 0 Å². The van der Waals surface area contributed by atoms with Crippen molar-refractivity contribution >= 4 is 17.9 Å². The van der Waals surface area contributed by atoms with Crippen LogP contribution in [0.15, 0.2) is 0 Å². The summed E-state index contributed by atoms with van der Waals surface area (Å²) in [6.07, 6.45) is 8.10. The third-order valence-electron chi connectivity index (χ3n) is 4.53. The summed E-state index contributed by atoms with van der Waals surface area (Å²) < 4.78 is 5.16. The summed E-state index contributed by atoms with van der Waals surface area (Å²) in [6.45, 7) is 1.50. The van der Waals surface area contributed by atoms with Gasteiger partial charge in [-0.15, -0.1) is 0 Å². The summed E-state index contributed by atoms with van der Waals surface area (Å²) in [5.41, 5.74) is 0. The standard InChI is InChI=1S/C16H26N2O4/c1-11(22-15(20)12-7-5-6-8-12)14(19)18-16(21)17-13-9-3-2-4-10-13/h11-13H,2-10H2,1H3,(H2,17,18,19,21)/t11-/m1/s1. The maximum Gasteiger partial charge on any atom is 0.321 e. The SMILES string of the molecule is C[C@@H](OC(=O)C1CCCC1)C(=O)NC(=O)NC1CCCCC1. The number of carbonyl (C=O) groups is 3. The topological polar surface area (TPSA) is 84.5 Å². The van der Waals surface area contributed by atoms with Gasteiger partial charge in [-0.3, -0.25) is 14.9 Å². The Morgan fingerprint density at radius 1 is 0.955 bits per heavy atom. The van der Waals surface area contributed by atoms with E-state index in [0.717, 1.165) is 51.4 Å². The highest BCUT2D eigenvalue weighted by atomic mass is 16.5. The minimum Gasteiger partial charge on any atom is -0.452 e. The lowest BCUT2D eigenvalue weighted by atomic mass is 9.96. The van der Waals surface area contributed by atoms with Gasteiger partial charge in [-0.05, 0) is 32.6 Å². The summed E-state index contributed by atoms with van der Waals surface area (Å²) in [7, 11) is 0. The molecule has 6 nitrogen and oxygen atoms in total. The van der Waals surface area contributed by atoms with Crippen LogP contribution in [0.5, 0.6) is 0 Å². The van der Waals surface area contributed by atoms with E-state index in [1.807, 2.05) is 0 Å². The zero-order chi connectivity index (χ0) is 15.9. The molecule has 0 radical (unpaired) electrons. The van der Waals surface area contributed by atoms with Crippen molar-refractivity contribution in [2.24, 2.45) is 5.92 Å². The first kappa shape index (κ1) is 16.8. The van der Waals surface area contributed by atoms with E-state index in [-0.39, 0.29) is 17.9 Å². The van der Waals surface area contributed by atoms with Gasteiger partial charge in [0.1, 0.15) is 0 Å². The second-order valence-corrected chi connectivity index (χ2v) is 6.36. The van der Waals surface area contributed by atoms with Gasteiger partial charge >= 0.3 is 12.0 Å². The first-order chi connectivity index (χ1) is 10.6. The fourth-order valence-corrected chi connectivity index (χ4v) is 3.17. The molecule has 0 saturated heterocycles. The van der Waals surface area contributed by atoms with Gasteiger partial charge in [-0.2, -0.15) is 0 Å². The van der Waals surface area contributed by atoms with Crippen molar-refractivity contribution in [3.05, 3.63) is 0 Å². The largest absolute Gasteiger partial charge is 0.452 e. The highest BCUT2D eigenvalue weighted by Crippen LogP contribution is 2.26. The Bertz CT molecular complexity index is 412. The Morgan fingerprint density at radius 3 is 2.18 bits per heavy atom. The molecule has 2 saturated carbocycles. The van der Waals surface area contributed by atoms with Gasteiger partial charge in [0.15, 0.2) is 6.10 Å². The van der Waals surface area contributed by atoms with Crippen molar-refractivity contribution in [3.8, 4) is 0 Å². The lowest BCUT2D eigenvalue weighted by Gasteiger charge is -2.23. The number of carbonyl (C=O) groups excluding carboxylic acids is 3. The summed E-state index contributed by atoms with van der Waals surface area (Å²) in [5, 5.41) is 5.06. The number of nitrogens with one attached hydrogen (secondary N) is 2. The van der Waals surface area contributed by atoms with Gasteiger partial charge in [0, 0.05) is 6.04 Å². The predicted molar refractivity (Wildman–Crippen MR) is 81.1 cm³/mol. The molecule has 124 valence electrons.